The van der Waals surface area contributed by atoms with Gasteiger partial charge in [0.2, 0.25) is 5.91 Å². The molecule has 2 N–H and O–H groups in total. The molecule has 4 rings (SSSR count). The van der Waals surface area contributed by atoms with E-state index in [2.05, 4.69) is 27.7 Å². The van der Waals surface area contributed by atoms with Crippen LogP contribution >= 0.6 is 0 Å². The topological polar surface area (TPSA) is 73.9 Å². The van der Waals surface area contributed by atoms with Crippen LogP contribution in [0.4, 0.5) is 10.5 Å². The Morgan fingerprint density at radius 3 is 2.32 bits per heavy atom. The van der Waals surface area contributed by atoms with E-state index in [0.717, 1.165) is 12.1 Å². The molecule has 0 saturated carbocycles. The summed E-state index contributed by atoms with van der Waals surface area (Å²) in [5.74, 6) is 0.491. The van der Waals surface area contributed by atoms with Crippen LogP contribution in [-0.4, -0.2) is 54.5 Å². The maximum absolute atomic E-state index is 13.3. The lowest BCUT2D eigenvalue weighted by molar-refractivity contribution is -0.127. The number of amides is 3. The third-order valence-corrected chi connectivity index (χ3v) is 5.91. The van der Waals surface area contributed by atoms with Crippen molar-refractivity contribution in [3.05, 3.63) is 96.1 Å². The molecule has 0 aromatic heterocycles. The van der Waals surface area contributed by atoms with E-state index in [4.69, 9.17) is 4.74 Å². The Labute approximate surface area is 200 Å². The van der Waals surface area contributed by atoms with E-state index < -0.39 is 6.04 Å². The van der Waals surface area contributed by atoms with Crippen LogP contribution in [0.15, 0.2) is 84.9 Å². The second-order valence-electron chi connectivity index (χ2n) is 8.30. The van der Waals surface area contributed by atoms with E-state index in [9.17, 15) is 9.59 Å². The molecule has 1 atom stereocenters. The van der Waals surface area contributed by atoms with Crippen LogP contribution in [0.2, 0.25) is 0 Å². The summed E-state index contributed by atoms with van der Waals surface area (Å²) in [4.78, 5) is 30.3. The summed E-state index contributed by atoms with van der Waals surface area (Å²) in [5.41, 5.74) is 2.82. The van der Waals surface area contributed by atoms with Gasteiger partial charge in [0, 0.05) is 44.5 Å². The highest BCUT2D eigenvalue weighted by molar-refractivity contribution is 5.94. The number of piperazine rings is 1. The normalized spacial score (nSPS) is 16.0. The quantitative estimate of drug-likeness (QED) is 0.566. The van der Waals surface area contributed by atoms with Gasteiger partial charge in [-0.1, -0.05) is 66.7 Å². The third kappa shape index (κ3) is 6.14. The van der Waals surface area contributed by atoms with Crippen molar-refractivity contribution >= 4 is 17.6 Å². The van der Waals surface area contributed by atoms with Crippen LogP contribution < -0.4 is 15.4 Å². The van der Waals surface area contributed by atoms with Gasteiger partial charge in [-0.15, -0.1) is 0 Å². The van der Waals surface area contributed by atoms with Crippen molar-refractivity contribution in [2.75, 3.05) is 32.1 Å². The second kappa shape index (κ2) is 11.3. The van der Waals surface area contributed by atoms with Gasteiger partial charge in [-0.25, -0.2) is 4.79 Å². The molecule has 0 aliphatic carbocycles. The molecule has 7 nitrogen and oxygen atoms in total. The number of hydrogen-bond acceptors (Lipinski definition) is 4. The SMILES string of the molecule is COc1cccc(NC(=O)N2CCN(Cc3ccccc3)CC2C(=O)NCc2ccccc2)c1. The number of nitrogens with one attached hydrogen (secondary N) is 2. The molecule has 1 fully saturated rings. The Balaban J connectivity index is 1.47. The molecular formula is C27H30N4O3. The Morgan fingerprint density at radius 1 is 0.912 bits per heavy atom. The molecule has 1 aliphatic rings. The first kappa shape index (κ1) is 23.3. The summed E-state index contributed by atoms with van der Waals surface area (Å²) >= 11 is 0. The molecule has 0 bridgehead atoms. The van der Waals surface area contributed by atoms with Crippen LogP contribution in [0.3, 0.4) is 0 Å². The number of rotatable bonds is 7. The summed E-state index contributed by atoms with van der Waals surface area (Å²) in [6, 6.07) is 26.2. The first-order valence-electron chi connectivity index (χ1n) is 11.4. The predicted octanol–water partition coefficient (Wildman–Crippen LogP) is 3.73. The highest BCUT2D eigenvalue weighted by Gasteiger charge is 2.35. The molecule has 7 heteroatoms. The lowest BCUT2D eigenvalue weighted by Crippen LogP contribution is -2.61. The molecule has 176 valence electrons. The molecule has 1 unspecified atom stereocenters. The summed E-state index contributed by atoms with van der Waals surface area (Å²) < 4.78 is 5.25. The monoisotopic (exact) mass is 458 g/mol. The molecule has 1 aliphatic heterocycles. The lowest BCUT2D eigenvalue weighted by atomic mass is 10.1. The smallest absolute Gasteiger partial charge is 0.322 e. The first-order valence-corrected chi connectivity index (χ1v) is 11.4. The van der Waals surface area contributed by atoms with Crippen molar-refractivity contribution in [2.45, 2.75) is 19.1 Å². The fourth-order valence-corrected chi connectivity index (χ4v) is 4.09. The summed E-state index contributed by atoms with van der Waals surface area (Å²) in [6.07, 6.45) is 0. The van der Waals surface area contributed by atoms with E-state index in [1.54, 1.807) is 24.1 Å². The van der Waals surface area contributed by atoms with Crippen molar-refractivity contribution in [3.63, 3.8) is 0 Å². The number of methoxy groups -OCH3 is 1. The zero-order valence-corrected chi connectivity index (χ0v) is 19.3. The number of urea groups is 1. The molecule has 1 saturated heterocycles. The van der Waals surface area contributed by atoms with Gasteiger partial charge in [0.15, 0.2) is 0 Å². The molecule has 0 radical (unpaired) electrons. The molecule has 34 heavy (non-hydrogen) atoms. The minimum atomic E-state index is -0.605. The van der Waals surface area contributed by atoms with Gasteiger partial charge in [0.1, 0.15) is 11.8 Å². The summed E-state index contributed by atoms with van der Waals surface area (Å²) in [5, 5.41) is 5.93. The largest absolute Gasteiger partial charge is 0.497 e. The summed E-state index contributed by atoms with van der Waals surface area (Å²) in [7, 11) is 1.58. The third-order valence-electron chi connectivity index (χ3n) is 5.91. The average molecular weight is 459 g/mol. The minimum Gasteiger partial charge on any atom is -0.497 e. The molecule has 3 amide bonds. The van der Waals surface area contributed by atoms with Crippen molar-refractivity contribution < 1.29 is 14.3 Å². The number of ether oxygens (including phenoxy) is 1. The molecule has 3 aromatic carbocycles. The highest BCUT2D eigenvalue weighted by atomic mass is 16.5. The van der Waals surface area contributed by atoms with Crippen LogP contribution in [0.25, 0.3) is 0 Å². The van der Waals surface area contributed by atoms with E-state index >= 15 is 0 Å². The van der Waals surface area contributed by atoms with Gasteiger partial charge in [0.05, 0.1) is 7.11 Å². The lowest BCUT2D eigenvalue weighted by Gasteiger charge is -2.40. The van der Waals surface area contributed by atoms with E-state index in [1.165, 1.54) is 5.56 Å². The number of carbonyl (C=O) groups is 2. The number of hydrogen-bond donors (Lipinski definition) is 2. The highest BCUT2D eigenvalue weighted by Crippen LogP contribution is 2.19. The van der Waals surface area contributed by atoms with Gasteiger partial charge in [-0.2, -0.15) is 0 Å². The Bertz CT molecular complexity index is 1090. The van der Waals surface area contributed by atoms with Crippen LogP contribution in [-0.2, 0) is 17.9 Å². The molecular weight excluding hydrogens is 428 g/mol. The standard InChI is InChI=1S/C27H30N4O3/c1-34-24-14-8-13-23(17-24)29-27(33)31-16-15-30(19-22-11-6-3-7-12-22)20-25(31)26(32)28-18-21-9-4-2-5-10-21/h2-14,17,25H,15-16,18-20H2,1H3,(H,28,32)(H,29,33). The second-order valence-corrected chi connectivity index (χ2v) is 8.30. The van der Waals surface area contributed by atoms with E-state index in [0.29, 0.717) is 37.6 Å². The molecule has 1 heterocycles. The van der Waals surface area contributed by atoms with E-state index in [1.807, 2.05) is 60.7 Å². The van der Waals surface area contributed by atoms with Crippen molar-refractivity contribution in [1.82, 2.24) is 15.1 Å². The van der Waals surface area contributed by atoms with Crippen molar-refractivity contribution in [2.24, 2.45) is 0 Å². The Kier molecular flexibility index (Phi) is 7.78. The van der Waals surface area contributed by atoms with Crippen molar-refractivity contribution in [1.29, 1.82) is 0 Å². The van der Waals surface area contributed by atoms with Gasteiger partial charge in [-0.05, 0) is 23.3 Å². The predicted molar refractivity (Wildman–Crippen MR) is 133 cm³/mol. The minimum absolute atomic E-state index is 0.164. The maximum Gasteiger partial charge on any atom is 0.322 e. The Hall–Kier alpha value is -3.84. The van der Waals surface area contributed by atoms with E-state index in [-0.39, 0.29) is 11.9 Å². The molecule has 0 spiro atoms. The number of nitrogens with zero attached hydrogens (tertiary/aromatic N) is 2. The van der Waals surface area contributed by atoms with Crippen LogP contribution in [0.5, 0.6) is 5.75 Å². The zero-order valence-electron chi connectivity index (χ0n) is 19.3. The van der Waals surface area contributed by atoms with Gasteiger partial charge >= 0.3 is 6.03 Å². The van der Waals surface area contributed by atoms with Gasteiger partial charge in [-0.3, -0.25) is 9.69 Å². The fourth-order valence-electron chi connectivity index (χ4n) is 4.09. The maximum atomic E-state index is 13.3. The number of benzene rings is 3. The molecule has 3 aromatic rings. The fraction of sp³-hybridized carbons (Fsp3) is 0.259. The zero-order chi connectivity index (χ0) is 23.8. The van der Waals surface area contributed by atoms with Gasteiger partial charge in [0.25, 0.3) is 0 Å². The van der Waals surface area contributed by atoms with Crippen LogP contribution in [0.1, 0.15) is 11.1 Å². The van der Waals surface area contributed by atoms with Gasteiger partial charge < -0.3 is 20.3 Å². The van der Waals surface area contributed by atoms with Crippen LogP contribution in [0, 0.1) is 0 Å². The number of anilines is 1. The number of carbonyl (C=O) groups excluding carboxylic acids is 2. The first-order chi connectivity index (χ1) is 16.6. The Morgan fingerprint density at radius 2 is 1.62 bits per heavy atom. The van der Waals surface area contributed by atoms with Crippen molar-refractivity contribution in [3.8, 4) is 5.75 Å². The average Bonchev–Trinajstić information content (AvgIpc) is 2.88. The summed E-state index contributed by atoms with van der Waals surface area (Å²) in [6.45, 7) is 2.74.